The lowest BCUT2D eigenvalue weighted by Gasteiger charge is -2.15. The van der Waals surface area contributed by atoms with Gasteiger partial charge in [-0.2, -0.15) is 0 Å². The van der Waals surface area contributed by atoms with Crippen LogP contribution in [0.25, 0.3) is 53.3 Å². The standard InChI is InChI=1S/C49H49N7O2S2/c1-5-8-20-30(4)46(57)55-44-40(48-50-34-26-16-18-28-36(34)59-48)38(32-22-12-10-13-23-32)42(53-44)52-43-39(33-24-14-11-15-25-33)41(49-51-35-27-17-19-29-37(35)60-49)45(54-43)56-47(58)31(7-3)21-9-6-2/h10-19,22-31,53H,5-9,20-21H2,1-4H3,(H,55,57)(H,52,54,56,58). The molecule has 4 aromatic carbocycles. The number of amides is 2. The number of aromatic amines is 1. The van der Waals surface area contributed by atoms with E-state index in [1.165, 1.54) is 0 Å². The van der Waals surface area contributed by atoms with Gasteiger partial charge in [-0.05, 0) is 54.7 Å². The topological polar surface area (TPSA) is 124 Å². The van der Waals surface area contributed by atoms with Gasteiger partial charge in [-0.15, -0.1) is 22.7 Å². The quantitative estimate of drug-likeness (QED) is 0.0951. The molecule has 0 spiro atoms. The first-order valence-corrected chi connectivity index (χ1v) is 22.6. The second-order valence-electron chi connectivity index (χ2n) is 15.2. The van der Waals surface area contributed by atoms with E-state index in [9.17, 15) is 9.59 Å². The zero-order valence-corrected chi connectivity index (χ0v) is 36.1. The summed E-state index contributed by atoms with van der Waals surface area (Å²) in [4.78, 5) is 52.5. The Balaban J connectivity index is 1.38. The summed E-state index contributed by atoms with van der Waals surface area (Å²) in [5.74, 6) is 1.35. The summed E-state index contributed by atoms with van der Waals surface area (Å²) in [5, 5.41) is 8.03. The summed E-state index contributed by atoms with van der Waals surface area (Å²) >= 11 is 3.13. The van der Waals surface area contributed by atoms with Gasteiger partial charge in [0.25, 0.3) is 0 Å². The van der Waals surface area contributed by atoms with Crippen molar-refractivity contribution in [3.8, 4) is 21.7 Å². The number of amidine groups is 2. The van der Waals surface area contributed by atoms with Crippen molar-refractivity contribution in [3.05, 3.63) is 120 Å². The highest BCUT2D eigenvalue weighted by Gasteiger charge is 2.34. The van der Waals surface area contributed by atoms with Crippen molar-refractivity contribution in [2.45, 2.75) is 72.6 Å². The number of benzene rings is 4. The van der Waals surface area contributed by atoms with E-state index in [-0.39, 0.29) is 23.7 Å². The minimum Gasteiger partial charge on any atom is -0.325 e. The fraction of sp³-hybridized carbons (Fsp3) is 0.265. The van der Waals surface area contributed by atoms with E-state index < -0.39 is 0 Å². The molecule has 2 atom stereocenters. The number of aromatic nitrogens is 3. The van der Waals surface area contributed by atoms with Crippen LogP contribution in [-0.2, 0) is 9.59 Å². The molecule has 1 aliphatic heterocycles. The van der Waals surface area contributed by atoms with Crippen molar-refractivity contribution in [1.82, 2.24) is 20.3 Å². The maximum absolute atomic E-state index is 14.1. The first-order chi connectivity index (χ1) is 29.4. The zero-order valence-electron chi connectivity index (χ0n) is 34.4. The van der Waals surface area contributed by atoms with Crippen molar-refractivity contribution in [3.63, 3.8) is 0 Å². The number of para-hydroxylation sites is 2. The third-order valence-electron chi connectivity index (χ3n) is 11.0. The molecular formula is C49H49N7O2S2. The third-order valence-corrected chi connectivity index (χ3v) is 13.1. The maximum atomic E-state index is 14.1. The summed E-state index contributed by atoms with van der Waals surface area (Å²) in [5.41, 5.74) is 6.53. The van der Waals surface area contributed by atoms with Crippen LogP contribution in [0.5, 0.6) is 0 Å². The molecule has 0 saturated carbocycles. The Morgan fingerprint density at radius 1 is 0.667 bits per heavy atom. The molecule has 2 amide bonds. The second-order valence-corrected chi connectivity index (χ2v) is 17.3. The summed E-state index contributed by atoms with van der Waals surface area (Å²) < 4.78 is 2.07. The molecule has 0 saturated heterocycles. The summed E-state index contributed by atoms with van der Waals surface area (Å²) in [6, 6.07) is 36.2. The highest BCUT2D eigenvalue weighted by Crippen LogP contribution is 2.48. The predicted octanol–water partition coefficient (Wildman–Crippen LogP) is 12.7. The number of rotatable bonds is 15. The van der Waals surface area contributed by atoms with Crippen molar-refractivity contribution < 1.29 is 9.59 Å². The highest BCUT2D eigenvalue weighted by atomic mass is 32.1. The van der Waals surface area contributed by atoms with E-state index in [1.54, 1.807) is 22.7 Å². The number of hydrogen-bond acceptors (Lipinski definition) is 7. The SMILES string of the molecule is CCCCC(C)C(=O)Nc1[nH]c(N=C2N=C(NC(=O)C(CC)CCCC)C(c3nc4ccccc4s3)=C2c2ccccc2)c(-c2ccccc2)c1-c1nc2ccccc2s1. The third kappa shape index (κ3) is 8.50. The maximum Gasteiger partial charge on any atom is 0.228 e. The van der Waals surface area contributed by atoms with Crippen LogP contribution >= 0.6 is 22.7 Å². The average Bonchev–Trinajstić information content (AvgIpc) is 4.06. The molecule has 4 heterocycles. The number of thiazole rings is 2. The van der Waals surface area contributed by atoms with E-state index >= 15 is 0 Å². The Hall–Kier alpha value is -6.04. The number of carbonyl (C=O) groups is 2. The molecule has 0 aliphatic carbocycles. The fourth-order valence-electron chi connectivity index (χ4n) is 7.61. The molecule has 9 nitrogen and oxygen atoms in total. The van der Waals surface area contributed by atoms with Crippen molar-refractivity contribution in [1.29, 1.82) is 0 Å². The van der Waals surface area contributed by atoms with Crippen molar-refractivity contribution in [2.24, 2.45) is 21.8 Å². The number of H-pyrrole nitrogens is 1. The van der Waals surface area contributed by atoms with E-state index in [4.69, 9.17) is 20.0 Å². The Morgan fingerprint density at radius 2 is 1.25 bits per heavy atom. The molecule has 7 aromatic rings. The van der Waals surface area contributed by atoms with Crippen LogP contribution in [0.1, 0.15) is 83.2 Å². The number of aliphatic imine (C=N–C) groups is 2. The Kier molecular flexibility index (Phi) is 12.5. The zero-order chi connectivity index (χ0) is 41.6. The number of nitrogens with one attached hydrogen (secondary N) is 3. The predicted molar refractivity (Wildman–Crippen MR) is 251 cm³/mol. The fourth-order valence-corrected chi connectivity index (χ4v) is 9.65. The van der Waals surface area contributed by atoms with Gasteiger partial charge in [0.15, 0.2) is 5.84 Å². The molecule has 8 rings (SSSR count). The van der Waals surface area contributed by atoms with Crippen molar-refractivity contribution >= 4 is 89.4 Å². The minimum atomic E-state index is -0.203. The van der Waals surface area contributed by atoms with E-state index in [0.717, 1.165) is 109 Å². The lowest BCUT2D eigenvalue weighted by atomic mass is 9.97. The van der Waals surface area contributed by atoms with E-state index in [2.05, 4.69) is 48.5 Å². The summed E-state index contributed by atoms with van der Waals surface area (Å²) in [7, 11) is 0. The molecule has 304 valence electrons. The second kappa shape index (κ2) is 18.5. The average molecular weight is 832 g/mol. The van der Waals surface area contributed by atoms with E-state index in [0.29, 0.717) is 23.3 Å². The van der Waals surface area contributed by atoms with Gasteiger partial charge in [-0.25, -0.2) is 20.0 Å². The molecule has 11 heteroatoms. The minimum absolute atomic E-state index is 0.0675. The van der Waals surface area contributed by atoms with Crippen LogP contribution in [0.2, 0.25) is 0 Å². The monoisotopic (exact) mass is 831 g/mol. The molecule has 3 N–H and O–H groups in total. The van der Waals surface area contributed by atoms with Gasteiger partial charge in [0, 0.05) is 23.0 Å². The van der Waals surface area contributed by atoms with Gasteiger partial charge in [-0.3, -0.25) is 9.59 Å². The molecule has 0 radical (unpaired) electrons. The lowest BCUT2D eigenvalue weighted by molar-refractivity contribution is -0.124. The normalized spacial score (nSPS) is 14.5. The number of fused-ring (bicyclic) bond motifs is 2. The Morgan fingerprint density at radius 3 is 1.88 bits per heavy atom. The molecule has 0 fully saturated rings. The largest absolute Gasteiger partial charge is 0.325 e. The van der Waals surface area contributed by atoms with Gasteiger partial charge in [0.05, 0.1) is 31.6 Å². The van der Waals surface area contributed by atoms with Crippen LogP contribution in [0.4, 0.5) is 11.6 Å². The van der Waals surface area contributed by atoms with Gasteiger partial charge in [-0.1, -0.05) is 138 Å². The molecule has 0 bridgehead atoms. The van der Waals surface area contributed by atoms with Crippen LogP contribution in [-0.4, -0.2) is 38.4 Å². The van der Waals surface area contributed by atoms with Gasteiger partial charge >= 0.3 is 0 Å². The number of carbonyl (C=O) groups excluding carboxylic acids is 2. The van der Waals surface area contributed by atoms with Gasteiger partial charge in [0.2, 0.25) is 11.8 Å². The van der Waals surface area contributed by atoms with Gasteiger partial charge in [0.1, 0.15) is 27.5 Å². The van der Waals surface area contributed by atoms with E-state index in [1.807, 2.05) is 104 Å². The molecule has 2 unspecified atom stereocenters. The lowest BCUT2D eigenvalue weighted by Crippen LogP contribution is -2.35. The number of nitrogens with zero attached hydrogens (tertiary/aromatic N) is 4. The van der Waals surface area contributed by atoms with Crippen LogP contribution in [0, 0.1) is 11.8 Å². The van der Waals surface area contributed by atoms with Gasteiger partial charge < -0.3 is 15.6 Å². The Bertz CT molecular complexity index is 2680. The van der Waals surface area contributed by atoms with Crippen molar-refractivity contribution in [2.75, 3.05) is 5.32 Å². The van der Waals surface area contributed by atoms with Crippen LogP contribution in [0.3, 0.4) is 0 Å². The summed E-state index contributed by atoms with van der Waals surface area (Å²) in [6.45, 7) is 8.31. The number of unbranched alkanes of at least 4 members (excludes halogenated alkanes) is 2. The van der Waals surface area contributed by atoms with Crippen LogP contribution < -0.4 is 10.6 Å². The first-order valence-electron chi connectivity index (χ1n) is 21.0. The number of anilines is 1. The first kappa shape index (κ1) is 40.7. The highest BCUT2D eigenvalue weighted by molar-refractivity contribution is 7.21. The number of hydrogen-bond donors (Lipinski definition) is 3. The molecule has 3 aromatic heterocycles. The molecular weight excluding hydrogens is 783 g/mol. The van der Waals surface area contributed by atoms with Crippen LogP contribution in [0.15, 0.2) is 119 Å². The Labute approximate surface area is 358 Å². The summed E-state index contributed by atoms with van der Waals surface area (Å²) in [6.07, 6.45) is 6.22. The molecule has 1 aliphatic rings. The smallest absolute Gasteiger partial charge is 0.228 e. The molecule has 60 heavy (non-hydrogen) atoms.